The zero-order valence-corrected chi connectivity index (χ0v) is 9.64. The number of nitrogens with one attached hydrogen (secondary N) is 2. The predicted octanol–water partition coefficient (Wildman–Crippen LogP) is 0.974. The zero-order valence-electron chi connectivity index (χ0n) is 9.64. The Morgan fingerprint density at radius 2 is 1.94 bits per heavy atom. The van der Waals surface area contributed by atoms with Gasteiger partial charge in [0.15, 0.2) is 5.82 Å². The van der Waals surface area contributed by atoms with Crippen molar-refractivity contribution in [2.45, 2.75) is 0 Å². The molecule has 1 heterocycles. The minimum Gasteiger partial charge on any atom is -0.378 e. The Morgan fingerprint density at radius 3 is 2.53 bits per heavy atom. The summed E-state index contributed by atoms with van der Waals surface area (Å²) >= 11 is 0. The molecular weight excluding hydrogens is 218 g/mol. The number of hydrogen-bond acceptors (Lipinski definition) is 5. The average molecular weight is 231 g/mol. The molecule has 0 bridgehead atoms. The van der Waals surface area contributed by atoms with Crippen molar-refractivity contribution in [2.75, 3.05) is 24.3 Å². The van der Waals surface area contributed by atoms with Crippen LogP contribution in [-0.2, 0) is 0 Å². The first-order valence-electron chi connectivity index (χ1n) is 5.11. The highest BCUT2D eigenvalue weighted by Crippen LogP contribution is 2.17. The van der Waals surface area contributed by atoms with E-state index < -0.39 is 5.69 Å². The quantitative estimate of drug-likeness (QED) is 0.823. The van der Waals surface area contributed by atoms with Gasteiger partial charge in [0.25, 0.3) is 0 Å². The second-order valence-corrected chi connectivity index (χ2v) is 3.74. The number of hydrogen-bond donors (Lipinski definition) is 2. The molecule has 6 heteroatoms. The molecule has 0 saturated carbocycles. The van der Waals surface area contributed by atoms with Crippen LogP contribution in [0.25, 0.3) is 0 Å². The van der Waals surface area contributed by atoms with Gasteiger partial charge in [0.05, 0.1) is 6.20 Å². The molecule has 88 valence electrons. The minimum absolute atomic E-state index is 0.423. The predicted molar refractivity (Wildman–Crippen MR) is 66.7 cm³/mol. The topological polar surface area (TPSA) is 73.9 Å². The van der Waals surface area contributed by atoms with E-state index in [2.05, 4.69) is 20.5 Å². The molecule has 0 aliphatic carbocycles. The van der Waals surface area contributed by atoms with Crippen LogP contribution in [0.4, 0.5) is 17.2 Å². The third kappa shape index (κ3) is 2.81. The lowest BCUT2D eigenvalue weighted by atomic mass is 10.2. The van der Waals surface area contributed by atoms with Crippen molar-refractivity contribution in [1.29, 1.82) is 0 Å². The van der Waals surface area contributed by atoms with Gasteiger partial charge >= 0.3 is 5.69 Å². The van der Waals surface area contributed by atoms with E-state index in [4.69, 9.17) is 0 Å². The molecule has 2 N–H and O–H groups in total. The Morgan fingerprint density at radius 1 is 1.24 bits per heavy atom. The second-order valence-electron chi connectivity index (χ2n) is 3.74. The first-order valence-corrected chi connectivity index (χ1v) is 5.11. The number of rotatable bonds is 3. The highest BCUT2D eigenvalue weighted by Gasteiger charge is 1.98. The van der Waals surface area contributed by atoms with Gasteiger partial charge in [-0.3, -0.25) is 0 Å². The summed E-state index contributed by atoms with van der Waals surface area (Å²) in [5, 5.41) is 8.87. The fraction of sp³-hybridized carbons (Fsp3) is 0.182. The normalized spacial score (nSPS) is 10.0. The van der Waals surface area contributed by atoms with Gasteiger partial charge in [0, 0.05) is 25.5 Å². The molecule has 1 aromatic heterocycles. The van der Waals surface area contributed by atoms with E-state index >= 15 is 0 Å². The number of benzene rings is 1. The van der Waals surface area contributed by atoms with Crippen LogP contribution in [0.15, 0.2) is 35.3 Å². The van der Waals surface area contributed by atoms with Crippen LogP contribution in [0.1, 0.15) is 0 Å². The van der Waals surface area contributed by atoms with E-state index in [-0.39, 0.29) is 0 Å². The third-order valence-corrected chi connectivity index (χ3v) is 2.23. The number of aromatic amines is 1. The smallest absolute Gasteiger partial charge is 0.363 e. The molecule has 1 aromatic carbocycles. The largest absolute Gasteiger partial charge is 0.378 e. The fourth-order valence-corrected chi connectivity index (χ4v) is 1.36. The maximum Gasteiger partial charge on any atom is 0.363 e. The highest BCUT2D eigenvalue weighted by molar-refractivity contribution is 5.59. The Kier molecular flexibility index (Phi) is 3.04. The van der Waals surface area contributed by atoms with Crippen LogP contribution in [0, 0.1) is 0 Å². The molecule has 6 nitrogen and oxygen atoms in total. The molecule has 0 radical (unpaired) electrons. The van der Waals surface area contributed by atoms with Crippen molar-refractivity contribution in [2.24, 2.45) is 0 Å². The van der Waals surface area contributed by atoms with Crippen LogP contribution < -0.4 is 15.9 Å². The molecule has 2 aromatic rings. The van der Waals surface area contributed by atoms with Crippen molar-refractivity contribution < 1.29 is 0 Å². The average Bonchev–Trinajstić information content (AvgIpc) is 2.29. The lowest BCUT2D eigenvalue weighted by Gasteiger charge is -2.12. The molecule has 0 fully saturated rings. The van der Waals surface area contributed by atoms with Crippen LogP contribution in [0.3, 0.4) is 0 Å². The first kappa shape index (κ1) is 11.1. The number of H-pyrrole nitrogens is 1. The molecule has 17 heavy (non-hydrogen) atoms. The van der Waals surface area contributed by atoms with E-state index in [1.807, 2.05) is 43.3 Å². The van der Waals surface area contributed by atoms with E-state index in [1.165, 1.54) is 6.20 Å². The summed E-state index contributed by atoms with van der Waals surface area (Å²) in [6.45, 7) is 0. The molecule has 0 spiro atoms. The summed E-state index contributed by atoms with van der Waals surface area (Å²) in [6.07, 6.45) is 1.46. The highest BCUT2D eigenvalue weighted by atomic mass is 16.1. The molecule has 0 saturated heterocycles. The summed E-state index contributed by atoms with van der Waals surface area (Å²) in [6, 6.07) is 7.78. The summed E-state index contributed by atoms with van der Waals surface area (Å²) in [5.74, 6) is 0.423. The second kappa shape index (κ2) is 4.65. The molecule has 0 aliphatic heterocycles. The van der Waals surface area contributed by atoms with E-state index in [0.29, 0.717) is 5.82 Å². The Balaban J connectivity index is 2.16. The standard InChI is InChI=1S/C11H13N5O/c1-16(2)9-5-3-8(4-6-9)13-10-7-12-15-11(17)14-10/h3-7H,1-2H3,(H2,13,14,15,17). The van der Waals surface area contributed by atoms with Gasteiger partial charge in [-0.05, 0) is 24.3 Å². The van der Waals surface area contributed by atoms with Crippen LogP contribution >= 0.6 is 0 Å². The third-order valence-electron chi connectivity index (χ3n) is 2.23. The van der Waals surface area contributed by atoms with E-state index in [0.717, 1.165) is 11.4 Å². The summed E-state index contributed by atoms with van der Waals surface area (Å²) in [4.78, 5) is 16.7. The van der Waals surface area contributed by atoms with Crippen LogP contribution in [0.5, 0.6) is 0 Å². The van der Waals surface area contributed by atoms with Crippen LogP contribution in [0.2, 0.25) is 0 Å². The van der Waals surface area contributed by atoms with Crippen molar-refractivity contribution in [3.05, 3.63) is 40.9 Å². The molecule has 0 atom stereocenters. The maximum absolute atomic E-state index is 10.9. The van der Waals surface area contributed by atoms with E-state index in [1.54, 1.807) is 0 Å². The fourth-order valence-electron chi connectivity index (χ4n) is 1.36. The van der Waals surface area contributed by atoms with Gasteiger partial charge in [0.1, 0.15) is 0 Å². The monoisotopic (exact) mass is 231 g/mol. The van der Waals surface area contributed by atoms with Gasteiger partial charge in [-0.2, -0.15) is 10.1 Å². The Labute approximate surface area is 98.3 Å². The lowest BCUT2D eigenvalue weighted by Crippen LogP contribution is -2.13. The van der Waals surface area contributed by atoms with Crippen molar-refractivity contribution in [3.63, 3.8) is 0 Å². The van der Waals surface area contributed by atoms with Gasteiger partial charge in [-0.25, -0.2) is 9.89 Å². The molecule has 0 unspecified atom stereocenters. The number of anilines is 3. The minimum atomic E-state index is -0.472. The Bertz CT molecular complexity index is 546. The summed E-state index contributed by atoms with van der Waals surface area (Å²) in [5.41, 5.74) is 1.49. The van der Waals surface area contributed by atoms with Gasteiger partial charge in [-0.15, -0.1) is 0 Å². The Hall–Kier alpha value is -2.37. The molecular formula is C11H13N5O. The number of aromatic nitrogens is 3. The molecule has 2 rings (SSSR count). The maximum atomic E-state index is 10.9. The van der Waals surface area contributed by atoms with Crippen molar-refractivity contribution in [3.8, 4) is 0 Å². The van der Waals surface area contributed by atoms with Gasteiger partial charge < -0.3 is 10.2 Å². The summed E-state index contributed by atoms with van der Waals surface area (Å²) < 4.78 is 0. The van der Waals surface area contributed by atoms with E-state index in [9.17, 15) is 4.79 Å². The molecule has 0 amide bonds. The number of nitrogens with zero attached hydrogens (tertiary/aromatic N) is 3. The summed E-state index contributed by atoms with van der Waals surface area (Å²) in [7, 11) is 3.95. The van der Waals surface area contributed by atoms with Gasteiger partial charge in [0.2, 0.25) is 0 Å². The lowest BCUT2D eigenvalue weighted by molar-refractivity contribution is 0.918. The zero-order chi connectivity index (χ0) is 12.3. The first-order chi connectivity index (χ1) is 8.15. The van der Waals surface area contributed by atoms with Crippen LogP contribution in [-0.4, -0.2) is 29.3 Å². The van der Waals surface area contributed by atoms with Gasteiger partial charge in [-0.1, -0.05) is 0 Å². The SMILES string of the molecule is CN(C)c1ccc(Nc2cn[nH]c(=O)n2)cc1. The van der Waals surface area contributed by atoms with Crippen molar-refractivity contribution >= 4 is 17.2 Å². The van der Waals surface area contributed by atoms with Crippen molar-refractivity contribution in [1.82, 2.24) is 15.2 Å². The molecule has 0 aliphatic rings.